The topological polar surface area (TPSA) is 55.1 Å². The lowest BCUT2D eigenvalue weighted by molar-refractivity contribution is 0.0698. The van der Waals surface area contributed by atoms with E-state index in [1.54, 1.807) is 12.1 Å². The molecule has 0 atom stereocenters. The van der Waals surface area contributed by atoms with Crippen molar-refractivity contribution in [2.24, 2.45) is 5.41 Å². The standard InChI is InChI=1S/C16H20N2O2/c1-3-13-17-12-7-4-6-11(15(19)20)14(12)18(13)10-16(2)8-5-9-16/h4,6-7H,3,5,8-10H2,1-2H3,(H,19,20). The summed E-state index contributed by atoms with van der Waals surface area (Å²) in [5.41, 5.74) is 2.23. The summed E-state index contributed by atoms with van der Waals surface area (Å²) in [7, 11) is 0. The van der Waals surface area contributed by atoms with Crippen LogP contribution in [0.5, 0.6) is 0 Å². The van der Waals surface area contributed by atoms with Gasteiger partial charge in [0.25, 0.3) is 0 Å². The van der Waals surface area contributed by atoms with Crippen molar-refractivity contribution in [1.82, 2.24) is 9.55 Å². The maximum Gasteiger partial charge on any atom is 0.337 e. The second-order valence-electron chi connectivity index (χ2n) is 6.11. The smallest absolute Gasteiger partial charge is 0.337 e. The molecule has 1 aromatic heterocycles. The van der Waals surface area contributed by atoms with Gasteiger partial charge in [0.15, 0.2) is 0 Å². The summed E-state index contributed by atoms with van der Waals surface area (Å²) in [5, 5.41) is 9.42. The molecule has 0 amide bonds. The number of aromatic nitrogens is 2. The SMILES string of the molecule is CCc1nc2cccc(C(=O)O)c2n1CC1(C)CCC1. The molecule has 0 saturated heterocycles. The van der Waals surface area contributed by atoms with Crippen molar-refractivity contribution in [1.29, 1.82) is 0 Å². The number of fused-ring (bicyclic) bond motifs is 1. The van der Waals surface area contributed by atoms with Crippen LogP contribution in [0.3, 0.4) is 0 Å². The first-order valence-electron chi connectivity index (χ1n) is 7.25. The molecule has 0 unspecified atom stereocenters. The highest BCUT2D eigenvalue weighted by Gasteiger charge is 2.33. The molecule has 0 bridgehead atoms. The molecule has 4 heteroatoms. The molecule has 0 spiro atoms. The Morgan fingerprint density at radius 1 is 1.45 bits per heavy atom. The Kier molecular flexibility index (Phi) is 3.04. The van der Waals surface area contributed by atoms with Gasteiger partial charge in [-0.15, -0.1) is 0 Å². The van der Waals surface area contributed by atoms with Crippen LogP contribution in [-0.2, 0) is 13.0 Å². The summed E-state index contributed by atoms with van der Waals surface area (Å²) >= 11 is 0. The molecule has 0 aliphatic heterocycles. The third kappa shape index (κ3) is 1.99. The zero-order valence-electron chi connectivity index (χ0n) is 12.0. The molecule has 0 radical (unpaired) electrons. The summed E-state index contributed by atoms with van der Waals surface area (Å²) in [6, 6.07) is 5.35. The molecule has 1 heterocycles. The van der Waals surface area contributed by atoms with E-state index < -0.39 is 5.97 Å². The number of rotatable bonds is 4. The van der Waals surface area contributed by atoms with Crippen molar-refractivity contribution >= 4 is 17.0 Å². The van der Waals surface area contributed by atoms with Crippen molar-refractivity contribution in [2.45, 2.75) is 46.1 Å². The monoisotopic (exact) mass is 272 g/mol. The average Bonchev–Trinajstić information content (AvgIpc) is 2.74. The van der Waals surface area contributed by atoms with E-state index in [-0.39, 0.29) is 0 Å². The first-order chi connectivity index (χ1) is 9.54. The number of nitrogens with zero attached hydrogens (tertiary/aromatic N) is 2. The highest BCUT2D eigenvalue weighted by atomic mass is 16.4. The molecule has 2 aromatic rings. The number of aromatic carboxylic acids is 1. The van der Waals surface area contributed by atoms with E-state index in [4.69, 9.17) is 0 Å². The summed E-state index contributed by atoms with van der Waals surface area (Å²) < 4.78 is 2.14. The fraction of sp³-hybridized carbons (Fsp3) is 0.500. The van der Waals surface area contributed by atoms with Gasteiger partial charge in [-0.2, -0.15) is 0 Å². The molecule has 1 aliphatic rings. The molecule has 106 valence electrons. The first-order valence-corrected chi connectivity index (χ1v) is 7.25. The molecule has 1 N–H and O–H groups in total. The van der Waals surface area contributed by atoms with E-state index in [9.17, 15) is 9.90 Å². The lowest BCUT2D eigenvalue weighted by Gasteiger charge is -2.39. The predicted molar refractivity (Wildman–Crippen MR) is 78.0 cm³/mol. The van der Waals surface area contributed by atoms with Gasteiger partial charge >= 0.3 is 5.97 Å². The zero-order chi connectivity index (χ0) is 14.3. The second-order valence-corrected chi connectivity index (χ2v) is 6.11. The number of carbonyl (C=O) groups is 1. The minimum atomic E-state index is -0.877. The number of hydrogen-bond donors (Lipinski definition) is 1. The van der Waals surface area contributed by atoms with Gasteiger partial charge in [-0.1, -0.05) is 26.3 Å². The number of aryl methyl sites for hydroxylation is 1. The third-order valence-electron chi connectivity index (χ3n) is 4.49. The van der Waals surface area contributed by atoms with Crippen LogP contribution in [-0.4, -0.2) is 20.6 Å². The number of carboxylic acids is 1. The van der Waals surface area contributed by atoms with Gasteiger partial charge in [0.05, 0.1) is 16.6 Å². The van der Waals surface area contributed by atoms with Crippen molar-refractivity contribution in [3.8, 4) is 0 Å². The van der Waals surface area contributed by atoms with Crippen molar-refractivity contribution in [3.05, 3.63) is 29.6 Å². The van der Waals surface area contributed by atoms with Crippen LogP contribution in [0.1, 0.15) is 49.3 Å². The van der Waals surface area contributed by atoms with E-state index >= 15 is 0 Å². The van der Waals surface area contributed by atoms with Crippen LogP contribution >= 0.6 is 0 Å². The van der Waals surface area contributed by atoms with E-state index in [2.05, 4.69) is 23.4 Å². The first kappa shape index (κ1) is 13.2. The fourth-order valence-corrected chi connectivity index (χ4v) is 3.17. The second kappa shape index (κ2) is 4.62. The maximum atomic E-state index is 11.5. The zero-order valence-corrected chi connectivity index (χ0v) is 12.0. The molecular formula is C16H20N2O2. The number of benzene rings is 1. The van der Waals surface area contributed by atoms with Crippen LogP contribution in [0.4, 0.5) is 0 Å². The maximum absolute atomic E-state index is 11.5. The van der Waals surface area contributed by atoms with Gasteiger partial charge in [-0.3, -0.25) is 0 Å². The third-order valence-corrected chi connectivity index (χ3v) is 4.49. The summed E-state index contributed by atoms with van der Waals surface area (Å²) in [6.45, 7) is 5.23. The number of para-hydroxylation sites is 1. The molecular weight excluding hydrogens is 252 g/mol. The highest BCUT2D eigenvalue weighted by molar-refractivity contribution is 6.01. The Morgan fingerprint density at radius 3 is 2.75 bits per heavy atom. The minimum absolute atomic E-state index is 0.295. The largest absolute Gasteiger partial charge is 0.478 e. The molecule has 1 aromatic carbocycles. The van der Waals surface area contributed by atoms with Gasteiger partial charge in [0.1, 0.15) is 5.82 Å². The summed E-state index contributed by atoms with van der Waals surface area (Å²) in [6.07, 6.45) is 4.52. The highest BCUT2D eigenvalue weighted by Crippen LogP contribution is 2.42. The Labute approximate surface area is 118 Å². The van der Waals surface area contributed by atoms with Gasteiger partial charge in [0.2, 0.25) is 0 Å². The van der Waals surface area contributed by atoms with Crippen LogP contribution in [0.25, 0.3) is 11.0 Å². The van der Waals surface area contributed by atoms with Crippen molar-refractivity contribution < 1.29 is 9.90 Å². The van der Waals surface area contributed by atoms with Crippen molar-refractivity contribution in [2.75, 3.05) is 0 Å². The predicted octanol–water partition coefficient (Wildman–Crippen LogP) is 3.49. The van der Waals surface area contributed by atoms with Gasteiger partial charge in [-0.05, 0) is 30.4 Å². The Bertz CT molecular complexity index is 668. The molecule has 1 fully saturated rings. The van der Waals surface area contributed by atoms with Gasteiger partial charge in [0, 0.05) is 13.0 Å². The van der Waals surface area contributed by atoms with Gasteiger partial charge < -0.3 is 9.67 Å². The van der Waals surface area contributed by atoms with Crippen LogP contribution in [0.2, 0.25) is 0 Å². The number of carboxylic acid groups (broad SMARTS) is 1. The van der Waals surface area contributed by atoms with Gasteiger partial charge in [-0.25, -0.2) is 9.78 Å². The quantitative estimate of drug-likeness (QED) is 0.927. The summed E-state index contributed by atoms with van der Waals surface area (Å²) in [5.74, 6) is 0.111. The number of imidazole rings is 1. The summed E-state index contributed by atoms with van der Waals surface area (Å²) in [4.78, 5) is 16.1. The molecule has 1 aliphatic carbocycles. The van der Waals surface area contributed by atoms with Crippen LogP contribution in [0, 0.1) is 5.41 Å². The van der Waals surface area contributed by atoms with E-state index in [0.717, 1.165) is 29.8 Å². The van der Waals surface area contributed by atoms with Crippen LogP contribution in [0.15, 0.2) is 18.2 Å². The lowest BCUT2D eigenvalue weighted by atomic mass is 9.70. The Morgan fingerprint density at radius 2 is 2.20 bits per heavy atom. The number of hydrogen-bond acceptors (Lipinski definition) is 2. The minimum Gasteiger partial charge on any atom is -0.478 e. The average molecular weight is 272 g/mol. The molecule has 1 saturated carbocycles. The normalized spacial score (nSPS) is 17.1. The Balaban J connectivity index is 2.18. The van der Waals surface area contributed by atoms with Crippen LogP contribution < -0.4 is 0 Å². The lowest BCUT2D eigenvalue weighted by Crippen LogP contribution is -2.31. The Hall–Kier alpha value is -1.84. The van der Waals surface area contributed by atoms with E-state index in [1.807, 2.05) is 6.07 Å². The molecule has 20 heavy (non-hydrogen) atoms. The van der Waals surface area contributed by atoms with Crippen molar-refractivity contribution in [3.63, 3.8) is 0 Å². The fourth-order valence-electron chi connectivity index (χ4n) is 3.17. The van der Waals surface area contributed by atoms with E-state index in [0.29, 0.717) is 11.0 Å². The van der Waals surface area contributed by atoms with E-state index in [1.165, 1.54) is 19.3 Å². The molecule has 4 nitrogen and oxygen atoms in total. The molecule has 3 rings (SSSR count).